The van der Waals surface area contributed by atoms with Gasteiger partial charge in [-0.15, -0.1) is 5.10 Å². The smallest absolute Gasteiger partial charge is 0.168 e. The van der Waals surface area contributed by atoms with Crippen molar-refractivity contribution in [3.05, 3.63) is 5.82 Å². The van der Waals surface area contributed by atoms with Gasteiger partial charge in [-0.3, -0.25) is 9.80 Å². The lowest BCUT2D eigenvalue weighted by molar-refractivity contribution is 0.0492. The first kappa shape index (κ1) is 17.4. The first-order valence-corrected chi connectivity index (χ1v) is 10.5. The predicted molar refractivity (Wildman–Crippen MR) is 98.3 cm³/mol. The van der Waals surface area contributed by atoms with E-state index in [1.165, 1.54) is 64.5 Å². The lowest BCUT2D eigenvalue weighted by Crippen LogP contribution is -2.51. The largest absolute Gasteiger partial charge is 0.298 e. The van der Waals surface area contributed by atoms with Crippen LogP contribution in [0.2, 0.25) is 0 Å². The van der Waals surface area contributed by atoms with Crippen LogP contribution in [0.1, 0.15) is 83.1 Å². The molecule has 0 radical (unpaired) electrons. The lowest BCUT2D eigenvalue weighted by atomic mass is 10.00. The van der Waals surface area contributed by atoms with E-state index in [0.717, 1.165) is 25.0 Å². The van der Waals surface area contributed by atoms with Crippen LogP contribution in [-0.4, -0.2) is 62.2 Å². The van der Waals surface area contributed by atoms with Gasteiger partial charge in [0.25, 0.3) is 0 Å². The van der Waals surface area contributed by atoms with Crippen molar-refractivity contribution >= 4 is 0 Å². The van der Waals surface area contributed by atoms with Crippen LogP contribution in [0.15, 0.2) is 0 Å². The van der Waals surface area contributed by atoms with Crippen LogP contribution in [0, 0.1) is 5.92 Å². The van der Waals surface area contributed by atoms with Crippen molar-refractivity contribution in [1.82, 2.24) is 30.0 Å². The van der Waals surface area contributed by atoms with Gasteiger partial charge in [0.15, 0.2) is 5.82 Å². The first-order chi connectivity index (χ1) is 12.2. The average Bonchev–Trinajstić information content (AvgIpc) is 3.37. The van der Waals surface area contributed by atoms with Crippen LogP contribution >= 0.6 is 0 Å². The SMILES string of the molecule is CC(C)C(c1nnnn1C1CCCC1)N1CCN(C2CCCC2)CC1. The molecule has 1 atom stereocenters. The molecule has 6 nitrogen and oxygen atoms in total. The van der Waals surface area contributed by atoms with E-state index in [1.807, 2.05) is 0 Å². The van der Waals surface area contributed by atoms with E-state index in [-0.39, 0.29) is 0 Å². The van der Waals surface area contributed by atoms with Gasteiger partial charge in [-0.25, -0.2) is 4.68 Å². The Kier molecular flexibility index (Phi) is 5.36. The molecule has 2 heterocycles. The second-order valence-electron chi connectivity index (χ2n) is 8.62. The van der Waals surface area contributed by atoms with Crippen molar-refractivity contribution in [2.45, 2.75) is 83.3 Å². The molecule has 1 saturated heterocycles. The van der Waals surface area contributed by atoms with E-state index in [2.05, 4.69) is 43.9 Å². The highest BCUT2D eigenvalue weighted by Gasteiger charge is 2.35. The van der Waals surface area contributed by atoms with Gasteiger partial charge in [-0.05, 0) is 42.0 Å². The van der Waals surface area contributed by atoms with E-state index in [1.54, 1.807) is 0 Å². The molecule has 2 saturated carbocycles. The van der Waals surface area contributed by atoms with Gasteiger partial charge < -0.3 is 0 Å². The van der Waals surface area contributed by atoms with E-state index < -0.39 is 0 Å². The number of rotatable bonds is 5. The Morgan fingerprint density at radius 2 is 1.44 bits per heavy atom. The van der Waals surface area contributed by atoms with Gasteiger partial charge in [-0.2, -0.15) is 0 Å². The van der Waals surface area contributed by atoms with Crippen molar-refractivity contribution in [3.63, 3.8) is 0 Å². The minimum Gasteiger partial charge on any atom is -0.298 e. The topological polar surface area (TPSA) is 50.1 Å². The molecule has 0 aromatic carbocycles. The van der Waals surface area contributed by atoms with Crippen LogP contribution in [0.5, 0.6) is 0 Å². The molecule has 6 heteroatoms. The summed E-state index contributed by atoms with van der Waals surface area (Å²) >= 11 is 0. The molecule has 25 heavy (non-hydrogen) atoms. The molecule has 0 spiro atoms. The van der Waals surface area contributed by atoms with Crippen LogP contribution in [-0.2, 0) is 0 Å². The number of aromatic nitrogens is 4. The highest BCUT2D eigenvalue weighted by atomic mass is 15.6. The quantitative estimate of drug-likeness (QED) is 0.820. The van der Waals surface area contributed by atoms with E-state index in [9.17, 15) is 0 Å². The van der Waals surface area contributed by atoms with Gasteiger partial charge in [0, 0.05) is 32.2 Å². The average molecular weight is 347 g/mol. The second kappa shape index (κ2) is 7.70. The second-order valence-corrected chi connectivity index (χ2v) is 8.62. The Labute approximate surface area is 151 Å². The summed E-state index contributed by atoms with van der Waals surface area (Å²) in [5, 5.41) is 13.0. The summed E-state index contributed by atoms with van der Waals surface area (Å²) in [5.41, 5.74) is 0. The summed E-state index contributed by atoms with van der Waals surface area (Å²) in [6.07, 6.45) is 10.8. The number of piperazine rings is 1. The van der Waals surface area contributed by atoms with Gasteiger partial charge in [0.2, 0.25) is 0 Å². The van der Waals surface area contributed by atoms with Gasteiger partial charge in [0.05, 0.1) is 12.1 Å². The molecule has 1 aromatic rings. The van der Waals surface area contributed by atoms with Crippen LogP contribution in [0.3, 0.4) is 0 Å². The molecule has 0 bridgehead atoms. The maximum absolute atomic E-state index is 4.50. The minimum absolute atomic E-state index is 0.348. The normalized spacial score (nSPS) is 26.0. The molecular weight excluding hydrogens is 312 g/mol. The molecule has 3 aliphatic rings. The van der Waals surface area contributed by atoms with Crippen molar-refractivity contribution in [2.24, 2.45) is 5.92 Å². The number of nitrogens with zero attached hydrogens (tertiary/aromatic N) is 6. The van der Waals surface area contributed by atoms with Crippen molar-refractivity contribution in [3.8, 4) is 0 Å². The summed E-state index contributed by atoms with van der Waals surface area (Å²) in [6, 6.07) is 1.72. The molecule has 4 rings (SSSR count). The Morgan fingerprint density at radius 3 is 2.04 bits per heavy atom. The fourth-order valence-corrected chi connectivity index (χ4v) is 5.34. The van der Waals surface area contributed by atoms with Crippen LogP contribution in [0.25, 0.3) is 0 Å². The standard InChI is InChI=1S/C19H34N6/c1-15(2)18(19-20-21-22-25(19)17-9-5-6-10-17)24-13-11-23(12-14-24)16-7-3-4-8-16/h15-18H,3-14H2,1-2H3. The van der Waals surface area contributed by atoms with E-state index in [4.69, 9.17) is 0 Å². The third-order valence-corrected chi connectivity index (χ3v) is 6.67. The van der Waals surface area contributed by atoms with E-state index in [0.29, 0.717) is 18.0 Å². The zero-order chi connectivity index (χ0) is 17.2. The highest BCUT2D eigenvalue weighted by molar-refractivity contribution is 4.99. The fraction of sp³-hybridized carbons (Fsp3) is 0.947. The Hall–Kier alpha value is -1.01. The number of hydrogen-bond acceptors (Lipinski definition) is 5. The lowest BCUT2D eigenvalue weighted by Gasteiger charge is -2.42. The van der Waals surface area contributed by atoms with E-state index >= 15 is 0 Å². The summed E-state index contributed by atoms with van der Waals surface area (Å²) in [6.45, 7) is 9.36. The zero-order valence-electron chi connectivity index (χ0n) is 16.0. The molecule has 1 aliphatic heterocycles. The zero-order valence-corrected chi connectivity index (χ0v) is 16.0. The van der Waals surface area contributed by atoms with Crippen molar-refractivity contribution in [1.29, 1.82) is 0 Å². The van der Waals surface area contributed by atoms with Crippen molar-refractivity contribution < 1.29 is 0 Å². The Bertz CT molecular complexity index is 536. The van der Waals surface area contributed by atoms with Crippen molar-refractivity contribution in [2.75, 3.05) is 26.2 Å². The predicted octanol–water partition coefficient (Wildman–Crippen LogP) is 3.05. The Morgan fingerprint density at radius 1 is 0.840 bits per heavy atom. The third-order valence-electron chi connectivity index (χ3n) is 6.67. The summed E-state index contributed by atoms with van der Waals surface area (Å²) in [7, 11) is 0. The molecule has 0 N–H and O–H groups in total. The first-order valence-electron chi connectivity index (χ1n) is 10.5. The number of tetrazole rings is 1. The molecule has 1 unspecified atom stereocenters. The monoisotopic (exact) mass is 346 g/mol. The maximum atomic E-state index is 4.50. The summed E-state index contributed by atoms with van der Waals surface area (Å²) < 4.78 is 2.17. The maximum Gasteiger partial charge on any atom is 0.168 e. The highest BCUT2D eigenvalue weighted by Crippen LogP contribution is 2.34. The van der Waals surface area contributed by atoms with Crippen LogP contribution < -0.4 is 0 Å². The number of hydrogen-bond donors (Lipinski definition) is 0. The fourth-order valence-electron chi connectivity index (χ4n) is 5.34. The van der Waals surface area contributed by atoms with Gasteiger partial charge in [-0.1, -0.05) is 39.5 Å². The van der Waals surface area contributed by atoms with Gasteiger partial charge >= 0.3 is 0 Å². The molecule has 140 valence electrons. The third kappa shape index (κ3) is 3.61. The Balaban J connectivity index is 1.46. The molecular formula is C19H34N6. The minimum atomic E-state index is 0.348. The molecule has 1 aromatic heterocycles. The molecule has 0 amide bonds. The van der Waals surface area contributed by atoms with Gasteiger partial charge in [0.1, 0.15) is 0 Å². The molecule has 2 aliphatic carbocycles. The van der Waals surface area contributed by atoms with Crippen LogP contribution in [0.4, 0.5) is 0 Å². The summed E-state index contributed by atoms with van der Waals surface area (Å²) in [5.74, 6) is 1.64. The molecule has 3 fully saturated rings. The summed E-state index contributed by atoms with van der Waals surface area (Å²) in [4.78, 5) is 5.38.